The molecule has 0 aliphatic carbocycles. The van der Waals surface area contributed by atoms with Gasteiger partial charge in [-0.15, -0.1) is 0 Å². The van der Waals surface area contributed by atoms with Crippen molar-refractivity contribution in [1.29, 1.82) is 0 Å². The van der Waals surface area contributed by atoms with Gasteiger partial charge in [-0.2, -0.15) is 13.2 Å². The van der Waals surface area contributed by atoms with E-state index in [1.807, 2.05) is 11.9 Å². The van der Waals surface area contributed by atoms with Crippen LogP contribution in [0.5, 0.6) is 5.75 Å². The van der Waals surface area contributed by atoms with Gasteiger partial charge in [-0.3, -0.25) is 4.79 Å². The van der Waals surface area contributed by atoms with Crippen molar-refractivity contribution >= 4 is 23.0 Å². The number of anilines is 3. The van der Waals surface area contributed by atoms with Crippen molar-refractivity contribution in [3.05, 3.63) is 47.3 Å². The minimum Gasteiger partial charge on any atom is -0.494 e. The number of benzene rings is 2. The zero-order valence-corrected chi connectivity index (χ0v) is 18.1. The monoisotopic (exact) mass is 455 g/mol. The molecule has 1 aliphatic heterocycles. The smallest absolute Gasteiger partial charge is 0.419 e. The zero-order valence-electron chi connectivity index (χ0n) is 18.1. The Morgan fingerprint density at radius 3 is 2.56 bits per heavy atom. The van der Waals surface area contributed by atoms with Crippen molar-refractivity contribution in [1.82, 2.24) is 0 Å². The number of nitrogens with zero attached hydrogens (tertiary/aromatic N) is 1. The van der Waals surface area contributed by atoms with Gasteiger partial charge in [0.1, 0.15) is 11.6 Å². The molecule has 6 nitrogen and oxygen atoms in total. The normalized spacial score (nSPS) is 15.9. The Bertz CT molecular complexity index is 1020. The Morgan fingerprint density at radius 1 is 1.28 bits per heavy atom. The number of hydrogen-bond acceptors (Lipinski definition) is 5. The molecule has 2 aromatic rings. The van der Waals surface area contributed by atoms with Crippen LogP contribution in [0.2, 0.25) is 0 Å². The van der Waals surface area contributed by atoms with Gasteiger partial charge in [0.15, 0.2) is 0 Å². The lowest BCUT2D eigenvalue weighted by Gasteiger charge is -2.25. The molecule has 3 N–H and O–H groups in total. The van der Waals surface area contributed by atoms with Crippen LogP contribution in [0.15, 0.2) is 30.3 Å². The van der Waals surface area contributed by atoms with Gasteiger partial charge < -0.3 is 25.4 Å². The van der Waals surface area contributed by atoms with E-state index in [2.05, 4.69) is 10.6 Å². The predicted octanol–water partition coefficient (Wildman–Crippen LogP) is 4.84. The fourth-order valence-electron chi connectivity index (χ4n) is 3.56. The maximum Gasteiger partial charge on any atom is 0.419 e. The van der Waals surface area contributed by atoms with E-state index in [9.17, 15) is 27.5 Å². The van der Waals surface area contributed by atoms with Crippen molar-refractivity contribution in [3.8, 4) is 5.75 Å². The molecular weight excluding hydrogens is 430 g/mol. The molecule has 0 radical (unpaired) electrons. The van der Waals surface area contributed by atoms with E-state index in [-0.39, 0.29) is 17.6 Å². The second-order valence-electron chi connectivity index (χ2n) is 8.31. The van der Waals surface area contributed by atoms with E-state index in [1.54, 1.807) is 26.0 Å². The third-order valence-corrected chi connectivity index (χ3v) is 5.31. The highest BCUT2D eigenvalue weighted by atomic mass is 19.4. The number of ether oxygens (including phenoxy) is 1. The van der Waals surface area contributed by atoms with Gasteiger partial charge in [-0.05, 0) is 44.9 Å². The minimum absolute atomic E-state index is 0.118. The lowest BCUT2D eigenvalue weighted by molar-refractivity contribution is -0.140. The number of methoxy groups -OCH3 is 1. The van der Waals surface area contributed by atoms with Crippen molar-refractivity contribution in [3.63, 3.8) is 0 Å². The zero-order chi connectivity index (χ0) is 23.8. The maximum atomic E-state index is 14.4. The number of alkyl halides is 3. The van der Waals surface area contributed by atoms with E-state index < -0.39 is 34.6 Å². The average Bonchev–Trinajstić information content (AvgIpc) is 2.99. The number of carbonyl (C=O) groups is 1. The molecule has 1 aliphatic rings. The molecule has 1 heterocycles. The van der Waals surface area contributed by atoms with Gasteiger partial charge in [-0.1, -0.05) is 6.07 Å². The number of amides is 1. The first-order valence-electron chi connectivity index (χ1n) is 9.92. The van der Waals surface area contributed by atoms with E-state index in [0.29, 0.717) is 24.6 Å². The first kappa shape index (κ1) is 23.6. The molecule has 32 heavy (non-hydrogen) atoms. The summed E-state index contributed by atoms with van der Waals surface area (Å²) >= 11 is 0. The molecule has 1 unspecified atom stereocenters. The summed E-state index contributed by atoms with van der Waals surface area (Å²) in [5, 5.41) is 15.8. The summed E-state index contributed by atoms with van der Waals surface area (Å²) in [4.78, 5) is 14.5. The summed E-state index contributed by atoms with van der Waals surface area (Å²) in [7, 11) is 3.21. The molecule has 0 saturated carbocycles. The van der Waals surface area contributed by atoms with Crippen LogP contribution in [-0.4, -0.2) is 36.9 Å². The molecule has 0 bridgehead atoms. The van der Waals surface area contributed by atoms with E-state index in [1.165, 1.54) is 7.11 Å². The van der Waals surface area contributed by atoms with Crippen LogP contribution in [0.1, 0.15) is 42.6 Å². The summed E-state index contributed by atoms with van der Waals surface area (Å²) in [6.07, 6.45) is -3.86. The van der Waals surface area contributed by atoms with Crippen LogP contribution in [0.4, 0.5) is 34.6 Å². The first-order chi connectivity index (χ1) is 14.8. The fraction of sp³-hybridized carbons (Fsp3) is 0.409. The first-order valence-corrected chi connectivity index (χ1v) is 9.92. The third kappa shape index (κ3) is 4.90. The largest absolute Gasteiger partial charge is 0.494 e. The average molecular weight is 455 g/mol. The van der Waals surface area contributed by atoms with Crippen LogP contribution >= 0.6 is 0 Å². The topological polar surface area (TPSA) is 73.8 Å². The van der Waals surface area contributed by atoms with E-state index >= 15 is 0 Å². The van der Waals surface area contributed by atoms with Crippen LogP contribution in [0.25, 0.3) is 0 Å². The van der Waals surface area contributed by atoms with Gasteiger partial charge in [0.2, 0.25) is 0 Å². The molecule has 0 fully saturated rings. The van der Waals surface area contributed by atoms with Crippen molar-refractivity contribution < 1.29 is 32.2 Å². The molecular formula is C22H25F4N3O3. The SMILES string of the molecule is COc1cc2c(cc1NC(=O)c1cccc(C(F)(F)F)c1F)N(C)C(CCC(C)(C)O)N2. The molecule has 1 atom stereocenters. The van der Waals surface area contributed by atoms with Gasteiger partial charge in [-0.25, -0.2) is 4.39 Å². The second kappa shape index (κ2) is 8.50. The third-order valence-electron chi connectivity index (χ3n) is 5.31. The molecule has 0 saturated heterocycles. The van der Waals surface area contributed by atoms with Crippen LogP contribution in [-0.2, 0) is 6.18 Å². The van der Waals surface area contributed by atoms with Crippen molar-refractivity contribution in [2.75, 3.05) is 29.7 Å². The van der Waals surface area contributed by atoms with Crippen LogP contribution < -0.4 is 20.3 Å². The van der Waals surface area contributed by atoms with E-state index in [0.717, 1.165) is 17.8 Å². The number of rotatable bonds is 6. The van der Waals surface area contributed by atoms with E-state index in [4.69, 9.17) is 4.74 Å². The van der Waals surface area contributed by atoms with Gasteiger partial charge in [0, 0.05) is 13.1 Å². The quantitative estimate of drug-likeness (QED) is 0.544. The lowest BCUT2D eigenvalue weighted by atomic mass is 10.0. The standard InChI is InChI=1S/C22H25F4N3O3/c1-21(2,31)9-8-18-27-14-11-17(32-4)15(10-16(14)29(18)3)28-20(30)12-6-5-7-13(19(12)23)22(24,25)26/h5-7,10-11,18,27,31H,8-9H2,1-4H3,(H,28,30). The van der Waals surface area contributed by atoms with Crippen LogP contribution in [0, 0.1) is 5.82 Å². The highest BCUT2D eigenvalue weighted by Crippen LogP contribution is 2.42. The number of fused-ring (bicyclic) bond motifs is 1. The summed E-state index contributed by atoms with van der Waals surface area (Å²) in [6.45, 7) is 3.44. The Balaban J connectivity index is 1.87. The number of halogens is 4. The highest BCUT2D eigenvalue weighted by molar-refractivity contribution is 6.06. The Labute approximate surface area is 183 Å². The van der Waals surface area contributed by atoms with Gasteiger partial charge in [0.25, 0.3) is 5.91 Å². The van der Waals surface area contributed by atoms with Gasteiger partial charge >= 0.3 is 6.18 Å². The summed E-state index contributed by atoms with van der Waals surface area (Å²) in [5.41, 5.74) is -1.44. The molecule has 174 valence electrons. The summed E-state index contributed by atoms with van der Waals surface area (Å²) in [6, 6.07) is 5.80. The maximum absolute atomic E-state index is 14.4. The van der Waals surface area contributed by atoms with Crippen molar-refractivity contribution in [2.45, 2.75) is 44.6 Å². The van der Waals surface area contributed by atoms with Gasteiger partial charge in [0.05, 0.1) is 47.1 Å². The number of aliphatic hydroxyl groups is 1. The fourth-order valence-corrected chi connectivity index (χ4v) is 3.56. The molecule has 0 spiro atoms. The Kier molecular flexibility index (Phi) is 6.28. The number of nitrogens with one attached hydrogen (secondary N) is 2. The molecule has 2 aromatic carbocycles. The molecule has 0 aromatic heterocycles. The molecule has 3 rings (SSSR count). The number of carbonyl (C=O) groups excluding carboxylic acids is 1. The summed E-state index contributed by atoms with van der Waals surface area (Å²) < 4.78 is 58.6. The minimum atomic E-state index is -4.92. The Hall–Kier alpha value is -3.01. The second-order valence-corrected chi connectivity index (χ2v) is 8.31. The Morgan fingerprint density at radius 2 is 1.97 bits per heavy atom. The molecule has 10 heteroatoms. The predicted molar refractivity (Wildman–Crippen MR) is 114 cm³/mol. The van der Waals surface area contributed by atoms with Crippen LogP contribution in [0.3, 0.4) is 0 Å². The summed E-state index contributed by atoms with van der Waals surface area (Å²) in [5.74, 6) is -2.41. The lowest BCUT2D eigenvalue weighted by Crippen LogP contribution is -2.34. The molecule has 1 amide bonds. The number of hydrogen-bond donors (Lipinski definition) is 3. The van der Waals surface area contributed by atoms with Crippen molar-refractivity contribution in [2.24, 2.45) is 0 Å². The highest BCUT2D eigenvalue weighted by Gasteiger charge is 2.36.